The van der Waals surface area contributed by atoms with Crippen molar-refractivity contribution in [3.8, 4) is 33.4 Å². The van der Waals surface area contributed by atoms with E-state index >= 15 is 0 Å². The first kappa shape index (κ1) is 31.1. The predicted molar refractivity (Wildman–Crippen MR) is 218 cm³/mol. The van der Waals surface area contributed by atoms with E-state index in [1.807, 2.05) is 0 Å². The summed E-state index contributed by atoms with van der Waals surface area (Å²) in [4.78, 5) is 2.49. The molecule has 0 aromatic heterocycles. The highest BCUT2D eigenvalue weighted by Gasteiger charge is 2.24. The van der Waals surface area contributed by atoms with Gasteiger partial charge in [0.1, 0.15) is 0 Å². The number of benzene rings is 8. The van der Waals surface area contributed by atoms with Crippen LogP contribution in [0.3, 0.4) is 0 Å². The van der Waals surface area contributed by atoms with E-state index in [0.29, 0.717) is 5.92 Å². The minimum absolute atomic E-state index is 0.600. The van der Waals surface area contributed by atoms with Crippen molar-refractivity contribution in [1.82, 2.24) is 0 Å². The maximum absolute atomic E-state index is 2.49. The van der Waals surface area contributed by atoms with E-state index in [0.717, 1.165) is 11.4 Å². The molecule has 246 valence electrons. The molecule has 1 aliphatic rings. The smallest absolute Gasteiger partial charge is 0.0540 e. The van der Waals surface area contributed by atoms with Crippen molar-refractivity contribution in [2.45, 2.75) is 38.0 Å². The molecule has 8 aromatic rings. The molecule has 0 N–H and O–H groups in total. The van der Waals surface area contributed by atoms with Crippen LogP contribution in [0.5, 0.6) is 0 Å². The summed E-state index contributed by atoms with van der Waals surface area (Å²) >= 11 is 0. The fraction of sp³-hybridized carbons (Fsp3) is 0.120. The minimum atomic E-state index is 0.600. The molecule has 0 saturated heterocycles. The normalized spacial score (nSPS) is 13.4. The Hall–Kier alpha value is -5.92. The van der Waals surface area contributed by atoms with Crippen LogP contribution in [-0.4, -0.2) is 0 Å². The SMILES string of the molecule is c1ccc(-c2ccccc2N(c2cccc(-c3cccc4ccccc34)c2)c2ccccc2-c2cccc3cccc(C4CCCCC4)c23)cc1. The van der Waals surface area contributed by atoms with Gasteiger partial charge in [0.25, 0.3) is 0 Å². The molecule has 0 spiro atoms. The molecule has 0 radical (unpaired) electrons. The number of rotatable bonds is 7. The van der Waals surface area contributed by atoms with Gasteiger partial charge < -0.3 is 4.90 Å². The van der Waals surface area contributed by atoms with Gasteiger partial charge in [-0.3, -0.25) is 0 Å². The largest absolute Gasteiger partial charge is 0.309 e. The molecule has 8 aromatic carbocycles. The van der Waals surface area contributed by atoms with Crippen molar-refractivity contribution in [1.29, 1.82) is 0 Å². The number of anilines is 3. The molecular formula is C50H41N. The zero-order chi connectivity index (χ0) is 34.0. The van der Waals surface area contributed by atoms with Crippen LogP contribution in [-0.2, 0) is 0 Å². The zero-order valence-electron chi connectivity index (χ0n) is 28.9. The molecule has 1 heteroatoms. The molecule has 0 heterocycles. The molecule has 9 rings (SSSR count). The Labute approximate surface area is 301 Å². The highest BCUT2D eigenvalue weighted by atomic mass is 15.1. The van der Waals surface area contributed by atoms with Gasteiger partial charge in [0, 0.05) is 16.8 Å². The Morgan fingerprint density at radius 2 is 0.961 bits per heavy atom. The van der Waals surface area contributed by atoms with Gasteiger partial charge in [0.05, 0.1) is 11.4 Å². The molecule has 1 nitrogen and oxygen atoms in total. The highest BCUT2D eigenvalue weighted by Crippen LogP contribution is 2.48. The highest BCUT2D eigenvalue weighted by molar-refractivity contribution is 6.04. The van der Waals surface area contributed by atoms with Crippen LogP contribution >= 0.6 is 0 Å². The van der Waals surface area contributed by atoms with Crippen LogP contribution in [0.25, 0.3) is 54.9 Å². The number of fused-ring (bicyclic) bond motifs is 2. The summed E-state index contributed by atoms with van der Waals surface area (Å²) < 4.78 is 0. The molecule has 0 bridgehead atoms. The second-order valence-electron chi connectivity index (χ2n) is 13.9. The van der Waals surface area contributed by atoms with Crippen LogP contribution in [0, 0.1) is 0 Å². The first-order chi connectivity index (χ1) is 25.3. The topological polar surface area (TPSA) is 3.24 Å². The molecular weight excluding hydrogens is 615 g/mol. The van der Waals surface area contributed by atoms with Crippen LogP contribution in [0.2, 0.25) is 0 Å². The maximum atomic E-state index is 2.49. The summed E-state index contributed by atoms with van der Waals surface area (Å²) in [6.07, 6.45) is 6.53. The molecule has 0 atom stereocenters. The molecule has 1 saturated carbocycles. The summed E-state index contributed by atoms with van der Waals surface area (Å²) in [5, 5.41) is 5.24. The van der Waals surface area contributed by atoms with Gasteiger partial charge in [0.15, 0.2) is 0 Å². The average Bonchev–Trinajstić information content (AvgIpc) is 3.21. The van der Waals surface area contributed by atoms with E-state index in [-0.39, 0.29) is 0 Å². The molecule has 1 aliphatic carbocycles. The van der Waals surface area contributed by atoms with Gasteiger partial charge in [0.2, 0.25) is 0 Å². The number of para-hydroxylation sites is 2. The number of nitrogens with zero attached hydrogens (tertiary/aromatic N) is 1. The van der Waals surface area contributed by atoms with E-state index in [9.17, 15) is 0 Å². The second-order valence-corrected chi connectivity index (χ2v) is 13.9. The standard InChI is InChI=1S/C50H41N/c1-3-17-37(18-4-1)44-28-9-11-33-48(44)51(41-26-13-25-40(35-41)43-30-14-22-36-21-7-8-27-42(36)43)49-34-12-10-29-46(49)47-32-16-24-39-23-15-31-45(50(39)47)38-19-5-2-6-20-38/h1,3-4,7-18,21-35,38H,2,5-6,19-20H2. The average molecular weight is 656 g/mol. The van der Waals surface area contributed by atoms with Gasteiger partial charge >= 0.3 is 0 Å². The molecule has 0 amide bonds. The van der Waals surface area contributed by atoms with Gasteiger partial charge in [-0.05, 0) is 92.4 Å². The van der Waals surface area contributed by atoms with Crippen LogP contribution < -0.4 is 4.90 Å². The quantitative estimate of drug-likeness (QED) is 0.165. The van der Waals surface area contributed by atoms with Gasteiger partial charge in [-0.15, -0.1) is 0 Å². The Kier molecular flexibility index (Phi) is 8.39. The molecule has 0 unspecified atom stereocenters. The fourth-order valence-corrected chi connectivity index (χ4v) is 8.47. The van der Waals surface area contributed by atoms with Crippen LogP contribution in [0.15, 0.2) is 182 Å². The van der Waals surface area contributed by atoms with Crippen LogP contribution in [0.4, 0.5) is 17.1 Å². The monoisotopic (exact) mass is 655 g/mol. The summed E-state index contributed by atoms with van der Waals surface area (Å²) in [5.74, 6) is 0.600. The van der Waals surface area contributed by atoms with E-state index < -0.39 is 0 Å². The summed E-state index contributed by atoms with van der Waals surface area (Å²) in [7, 11) is 0. The van der Waals surface area contributed by atoms with Crippen LogP contribution in [0.1, 0.15) is 43.6 Å². The molecule has 0 aliphatic heterocycles. The first-order valence-electron chi connectivity index (χ1n) is 18.5. The van der Waals surface area contributed by atoms with Gasteiger partial charge in [-0.1, -0.05) is 177 Å². The lowest BCUT2D eigenvalue weighted by molar-refractivity contribution is 0.445. The predicted octanol–water partition coefficient (Wildman–Crippen LogP) is 14.5. The van der Waals surface area contributed by atoms with Crippen molar-refractivity contribution in [3.05, 3.63) is 188 Å². The Bertz CT molecular complexity index is 2460. The minimum Gasteiger partial charge on any atom is -0.309 e. The number of hydrogen-bond acceptors (Lipinski definition) is 1. The van der Waals surface area contributed by atoms with E-state index in [1.165, 1.54) is 98.3 Å². The Morgan fingerprint density at radius 3 is 1.78 bits per heavy atom. The third-order valence-electron chi connectivity index (χ3n) is 10.9. The lowest BCUT2D eigenvalue weighted by Crippen LogP contribution is -2.13. The van der Waals surface area contributed by atoms with Crippen molar-refractivity contribution < 1.29 is 0 Å². The maximum Gasteiger partial charge on any atom is 0.0540 e. The van der Waals surface area contributed by atoms with Crippen molar-refractivity contribution in [2.75, 3.05) is 4.90 Å². The lowest BCUT2D eigenvalue weighted by atomic mass is 9.80. The Morgan fingerprint density at radius 1 is 0.392 bits per heavy atom. The third kappa shape index (κ3) is 5.89. The van der Waals surface area contributed by atoms with Gasteiger partial charge in [-0.2, -0.15) is 0 Å². The zero-order valence-corrected chi connectivity index (χ0v) is 28.9. The fourth-order valence-electron chi connectivity index (χ4n) is 8.47. The Balaban J connectivity index is 1.29. The third-order valence-corrected chi connectivity index (χ3v) is 10.9. The van der Waals surface area contributed by atoms with Gasteiger partial charge in [-0.25, -0.2) is 0 Å². The van der Waals surface area contributed by atoms with E-state index in [4.69, 9.17) is 0 Å². The van der Waals surface area contributed by atoms with E-state index in [2.05, 4.69) is 187 Å². The van der Waals surface area contributed by atoms with E-state index in [1.54, 1.807) is 0 Å². The van der Waals surface area contributed by atoms with Crippen molar-refractivity contribution in [2.24, 2.45) is 0 Å². The lowest BCUT2D eigenvalue weighted by Gasteiger charge is -2.31. The molecule has 1 fully saturated rings. The second kappa shape index (κ2) is 13.8. The molecule has 51 heavy (non-hydrogen) atoms. The van der Waals surface area contributed by atoms with Crippen molar-refractivity contribution >= 4 is 38.6 Å². The number of hydrogen-bond donors (Lipinski definition) is 0. The summed E-state index contributed by atoms with van der Waals surface area (Å²) in [6, 6.07) is 67.0. The summed E-state index contributed by atoms with van der Waals surface area (Å²) in [6.45, 7) is 0. The first-order valence-corrected chi connectivity index (χ1v) is 18.5. The van der Waals surface area contributed by atoms with Crippen molar-refractivity contribution in [3.63, 3.8) is 0 Å². The summed E-state index contributed by atoms with van der Waals surface area (Å²) in [5.41, 5.74) is 12.3.